The van der Waals surface area contributed by atoms with Gasteiger partial charge in [0.15, 0.2) is 0 Å². The molecule has 7 nitrogen and oxygen atoms in total. The van der Waals surface area contributed by atoms with Crippen molar-refractivity contribution in [2.45, 2.75) is 25.0 Å². The van der Waals surface area contributed by atoms with Gasteiger partial charge in [0.05, 0.1) is 13.2 Å². The number of amides is 1. The van der Waals surface area contributed by atoms with Crippen LogP contribution in [0.5, 0.6) is 0 Å². The molecule has 1 aromatic carbocycles. The number of carbonyl (C=O) groups excluding carboxylic acids is 1. The molecule has 3 heterocycles. The number of aromatic nitrogens is 1. The predicted octanol–water partition coefficient (Wildman–Crippen LogP) is 2.52. The number of benzene rings is 1. The fraction of sp³-hybridized carbons (Fsp3) is 0.571. The number of hydrogen-bond donors (Lipinski definition) is 2. The Hall–Kier alpha value is -1.35. The van der Waals surface area contributed by atoms with Crippen molar-refractivity contribution < 1.29 is 14.3 Å². The number of carbonyl (C=O) groups is 1. The quantitative estimate of drug-likeness (QED) is 0.695. The third-order valence-electron chi connectivity index (χ3n) is 6.01. The van der Waals surface area contributed by atoms with Crippen molar-refractivity contribution in [3.63, 3.8) is 0 Å². The van der Waals surface area contributed by atoms with Crippen LogP contribution in [0.3, 0.4) is 0 Å². The second-order valence-corrected chi connectivity index (χ2v) is 7.64. The molecule has 9 heteroatoms. The summed E-state index contributed by atoms with van der Waals surface area (Å²) in [5.74, 6) is -0.0531. The van der Waals surface area contributed by atoms with E-state index in [4.69, 9.17) is 9.47 Å². The van der Waals surface area contributed by atoms with E-state index in [1.54, 1.807) is 7.11 Å². The van der Waals surface area contributed by atoms with Crippen molar-refractivity contribution in [2.24, 2.45) is 0 Å². The maximum Gasteiger partial charge on any atom is 0.256 e. The first-order valence-corrected chi connectivity index (χ1v) is 10.2. The van der Waals surface area contributed by atoms with Crippen LogP contribution < -0.4 is 10.6 Å². The van der Waals surface area contributed by atoms with Gasteiger partial charge < -0.3 is 24.7 Å². The Labute approximate surface area is 190 Å². The summed E-state index contributed by atoms with van der Waals surface area (Å²) in [6.45, 7) is 7.24. The van der Waals surface area contributed by atoms with Crippen LogP contribution >= 0.6 is 24.8 Å². The molecule has 1 aromatic heterocycles. The summed E-state index contributed by atoms with van der Waals surface area (Å²) in [5, 5.41) is 7.48. The van der Waals surface area contributed by atoms with E-state index in [2.05, 4.69) is 38.4 Å². The van der Waals surface area contributed by atoms with E-state index in [1.807, 2.05) is 12.1 Å². The molecule has 0 spiro atoms. The molecule has 168 valence electrons. The van der Waals surface area contributed by atoms with E-state index < -0.39 is 5.60 Å². The van der Waals surface area contributed by atoms with Crippen molar-refractivity contribution in [1.29, 1.82) is 0 Å². The fourth-order valence-electron chi connectivity index (χ4n) is 4.15. The number of halogens is 2. The molecule has 0 bridgehead atoms. The van der Waals surface area contributed by atoms with Crippen LogP contribution in [0, 0.1) is 0 Å². The number of piperidine rings is 1. The first-order chi connectivity index (χ1) is 13.7. The molecular formula is C21H32Cl2N4O3. The van der Waals surface area contributed by atoms with Gasteiger partial charge in [-0.1, -0.05) is 0 Å². The van der Waals surface area contributed by atoms with Gasteiger partial charge in [0.25, 0.3) is 5.91 Å². The number of morpholine rings is 1. The predicted molar refractivity (Wildman–Crippen MR) is 124 cm³/mol. The lowest BCUT2D eigenvalue weighted by Crippen LogP contribution is -2.51. The summed E-state index contributed by atoms with van der Waals surface area (Å²) in [6.07, 6.45) is 3.51. The van der Waals surface area contributed by atoms with Crippen LogP contribution in [0.1, 0.15) is 12.8 Å². The summed E-state index contributed by atoms with van der Waals surface area (Å²) >= 11 is 0. The van der Waals surface area contributed by atoms with Gasteiger partial charge in [0, 0.05) is 56.1 Å². The number of methoxy groups -OCH3 is 1. The smallest absolute Gasteiger partial charge is 0.256 e. The second-order valence-electron chi connectivity index (χ2n) is 7.64. The maximum absolute atomic E-state index is 12.9. The van der Waals surface area contributed by atoms with Crippen molar-refractivity contribution in [2.75, 3.05) is 58.4 Å². The van der Waals surface area contributed by atoms with Gasteiger partial charge in [-0.25, -0.2) is 0 Å². The van der Waals surface area contributed by atoms with E-state index in [0.717, 1.165) is 63.6 Å². The maximum atomic E-state index is 12.9. The van der Waals surface area contributed by atoms with Crippen LogP contribution in [0.25, 0.3) is 10.9 Å². The molecule has 2 fully saturated rings. The van der Waals surface area contributed by atoms with Crippen molar-refractivity contribution in [3.05, 3.63) is 30.5 Å². The first kappa shape index (κ1) is 24.9. The summed E-state index contributed by atoms with van der Waals surface area (Å²) in [7, 11) is 1.63. The summed E-state index contributed by atoms with van der Waals surface area (Å²) < 4.78 is 13.3. The molecule has 2 N–H and O–H groups in total. The Morgan fingerprint density at radius 1 is 1.17 bits per heavy atom. The highest BCUT2D eigenvalue weighted by atomic mass is 35.5. The van der Waals surface area contributed by atoms with Gasteiger partial charge in [0.2, 0.25) is 0 Å². The Morgan fingerprint density at radius 2 is 1.90 bits per heavy atom. The standard InChI is InChI=1S/C21H30N4O3.2ClH/c1-27-21(5-7-22-8-6-21)20(26)23-18-2-3-19-17(16-18)4-9-25(19)11-10-24-12-14-28-15-13-24;;/h2-4,9,16,22H,5-8,10-15H2,1H3,(H,23,26);2*1H. The average Bonchev–Trinajstić information content (AvgIpc) is 3.15. The summed E-state index contributed by atoms with van der Waals surface area (Å²) in [5.41, 5.74) is 1.28. The molecule has 2 aromatic rings. The van der Waals surface area contributed by atoms with E-state index >= 15 is 0 Å². The van der Waals surface area contributed by atoms with E-state index in [1.165, 1.54) is 5.52 Å². The number of ether oxygens (including phenoxy) is 2. The van der Waals surface area contributed by atoms with Gasteiger partial charge >= 0.3 is 0 Å². The van der Waals surface area contributed by atoms with Crippen molar-refractivity contribution in [3.8, 4) is 0 Å². The van der Waals surface area contributed by atoms with E-state index in [9.17, 15) is 4.79 Å². The lowest BCUT2D eigenvalue weighted by atomic mass is 9.91. The summed E-state index contributed by atoms with van der Waals surface area (Å²) in [4.78, 5) is 15.3. The van der Waals surface area contributed by atoms with Gasteiger partial charge in [-0.2, -0.15) is 0 Å². The van der Waals surface area contributed by atoms with E-state index in [0.29, 0.717) is 12.8 Å². The minimum atomic E-state index is -0.732. The average molecular weight is 459 g/mol. The number of nitrogens with zero attached hydrogens (tertiary/aromatic N) is 2. The van der Waals surface area contributed by atoms with Gasteiger partial charge in [-0.05, 0) is 50.2 Å². The molecule has 0 atom stereocenters. The Kier molecular flexibility index (Phi) is 9.40. The molecule has 30 heavy (non-hydrogen) atoms. The van der Waals surface area contributed by atoms with Crippen LogP contribution in [-0.4, -0.2) is 74.0 Å². The van der Waals surface area contributed by atoms with Crippen LogP contribution in [-0.2, 0) is 20.8 Å². The molecule has 1 amide bonds. The van der Waals surface area contributed by atoms with E-state index in [-0.39, 0.29) is 30.7 Å². The number of rotatable bonds is 6. The molecular weight excluding hydrogens is 427 g/mol. The number of hydrogen-bond acceptors (Lipinski definition) is 5. The zero-order valence-corrected chi connectivity index (χ0v) is 19.0. The SMILES string of the molecule is COC1(C(=O)Nc2ccc3c(ccn3CCN3CCOCC3)c2)CCNCC1.Cl.Cl. The molecule has 0 unspecified atom stereocenters. The highest BCUT2D eigenvalue weighted by Crippen LogP contribution is 2.26. The largest absolute Gasteiger partial charge is 0.379 e. The van der Waals surface area contributed by atoms with Crippen LogP contribution in [0.15, 0.2) is 30.5 Å². The second kappa shape index (κ2) is 11.3. The summed E-state index contributed by atoms with van der Waals surface area (Å²) in [6, 6.07) is 8.23. The highest BCUT2D eigenvalue weighted by Gasteiger charge is 2.39. The third-order valence-corrected chi connectivity index (χ3v) is 6.01. The number of anilines is 1. The fourth-order valence-corrected chi connectivity index (χ4v) is 4.15. The lowest BCUT2D eigenvalue weighted by Gasteiger charge is -2.34. The third kappa shape index (κ3) is 5.46. The van der Waals surface area contributed by atoms with Gasteiger partial charge in [0.1, 0.15) is 5.60 Å². The molecule has 2 saturated heterocycles. The Morgan fingerprint density at radius 3 is 2.60 bits per heavy atom. The van der Waals surface area contributed by atoms with Crippen molar-refractivity contribution >= 4 is 47.3 Å². The lowest BCUT2D eigenvalue weighted by molar-refractivity contribution is -0.140. The molecule has 0 radical (unpaired) electrons. The number of fused-ring (bicyclic) bond motifs is 1. The van der Waals surface area contributed by atoms with Crippen LogP contribution in [0.4, 0.5) is 5.69 Å². The Bertz CT molecular complexity index is 818. The molecule has 4 rings (SSSR count). The van der Waals surface area contributed by atoms with Gasteiger partial charge in [-0.15, -0.1) is 24.8 Å². The monoisotopic (exact) mass is 458 g/mol. The molecule has 0 saturated carbocycles. The Balaban J connectivity index is 0.00000160. The molecule has 2 aliphatic rings. The topological polar surface area (TPSA) is 67.8 Å². The zero-order chi connectivity index (χ0) is 19.4. The highest BCUT2D eigenvalue weighted by molar-refractivity contribution is 5.99. The van der Waals surface area contributed by atoms with Crippen molar-refractivity contribution in [1.82, 2.24) is 14.8 Å². The normalized spacial score (nSPS) is 19.0. The van der Waals surface area contributed by atoms with Gasteiger partial charge in [-0.3, -0.25) is 9.69 Å². The first-order valence-electron chi connectivity index (χ1n) is 10.2. The molecule has 2 aliphatic heterocycles. The zero-order valence-electron chi connectivity index (χ0n) is 17.4. The minimum Gasteiger partial charge on any atom is -0.379 e. The van der Waals surface area contributed by atoms with Crippen LogP contribution in [0.2, 0.25) is 0 Å². The minimum absolute atomic E-state index is 0. The molecule has 0 aliphatic carbocycles. The number of nitrogens with one attached hydrogen (secondary N) is 2.